The van der Waals surface area contributed by atoms with Crippen LogP contribution in [0.4, 0.5) is 0 Å². The molecule has 0 N–H and O–H groups in total. The maximum Gasteiger partial charge on any atom is 0.247 e. The molecule has 1 aliphatic rings. The topological polar surface area (TPSA) is 68.5 Å². The molecule has 2 aromatic carbocycles. The highest BCUT2D eigenvalue weighted by atomic mass is 16.5. The van der Waals surface area contributed by atoms with Crippen molar-refractivity contribution >= 4 is 5.91 Å². The van der Waals surface area contributed by atoms with Crippen LogP contribution in [-0.2, 0) is 11.2 Å². The average Bonchev–Trinajstić information content (AvgIpc) is 3.23. The largest absolute Gasteiger partial charge is 0.490 e. The fourth-order valence-corrected chi connectivity index (χ4v) is 3.34. The van der Waals surface area contributed by atoms with Gasteiger partial charge in [-0.05, 0) is 24.3 Å². The molecule has 0 spiro atoms. The molecule has 2 heterocycles. The minimum absolute atomic E-state index is 0.123. The fourth-order valence-electron chi connectivity index (χ4n) is 3.34. The Morgan fingerprint density at radius 3 is 2.39 bits per heavy atom. The molecule has 6 nitrogen and oxygen atoms in total. The summed E-state index contributed by atoms with van der Waals surface area (Å²) < 4.78 is 11.7. The smallest absolute Gasteiger partial charge is 0.247 e. The van der Waals surface area contributed by atoms with Gasteiger partial charge in [0.25, 0.3) is 0 Å². The lowest BCUT2D eigenvalue weighted by Gasteiger charge is -2.32. The van der Waals surface area contributed by atoms with Gasteiger partial charge in [0.15, 0.2) is 0 Å². The number of para-hydroxylation sites is 1. The molecule has 0 atom stereocenters. The third-order valence-electron chi connectivity index (χ3n) is 4.88. The maximum absolute atomic E-state index is 12.5. The second-order valence-corrected chi connectivity index (χ2v) is 6.88. The average molecular weight is 377 g/mol. The number of carbonyl (C=O) groups excluding carboxylic acids is 1. The molecule has 1 amide bonds. The molecule has 144 valence electrons. The molecule has 0 radical (unpaired) electrons. The molecule has 1 fully saturated rings. The van der Waals surface area contributed by atoms with Crippen molar-refractivity contribution in [3.63, 3.8) is 0 Å². The van der Waals surface area contributed by atoms with E-state index in [4.69, 9.17) is 9.15 Å². The fraction of sp³-hybridized carbons (Fsp3) is 0.318. The van der Waals surface area contributed by atoms with Crippen LogP contribution in [0.1, 0.15) is 25.2 Å². The Hall–Kier alpha value is -3.15. The van der Waals surface area contributed by atoms with Gasteiger partial charge in [-0.15, -0.1) is 10.2 Å². The molecule has 0 unspecified atom stereocenters. The lowest BCUT2D eigenvalue weighted by molar-refractivity contribution is -0.133. The second-order valence-electron chi connectivity index (χ2n) is 6.88. The number of rotatable bonds is 6. The first kappa shape index (κ1) is 18.2. The summed E-state index contributed by atoms with van der Waals surface area (Å²) in [6.07, 6.45) is 2.69. The van der Waals surface area contributed by atoms with Gasteiger partial charge in [-0.1, -0.05) is 36.4 Å². The number of hydrogen-bond acceptors (Lipinski definition) is 5. The summed E-state index contributed by atoms with van der Waals surface area (Å²) in [6, 6.07) is 19.5. The molecule has 1 aromatic heterocycles. The van der Waals surface area contributed by atoms with Crippen molar-refractivity contribution in [1.82, 2.24) is 15.1 Å². The number of amides is 1. The number of piperidine rings is 1. The maximum atomic E-state index is 12.5. The van der Waals surface area contributed by atoms with Gasteiger partial charge in [0, 0.05) is 44.3 Å². The van der Waals surface area contributed by atoms with Crippen LogP contribution in [0.5, 0.6) is 5.75 Å². The molecule has 6 heteroatoms. The van der Waals surface area contributed by atoms with Crippen molar-refractivity contribution < 1.29 is 13.9 Å². The van der Waals surface area contributed by atoms with Crippen LogP contribution in [0.15, 0.2) is 65.1 Å². The van der Waals surface area contributed by atoms with E-state index in [1.165, 1.54) is 0 Å². The number of carbonyl (C=O) groups is 1. The standard InChI is InChI=1S/C22H23N3O3/c26-21(12-11-20-23-24-22(28-20)17-7-3-1-4-8-17)25-15-13-19(14-16-25)27-18-9-5-2-6-10-18/h1-10,19H,11-16H2. The molecule has 3 aromatic rings. The molecular formula is C22H23N3O3. The van der Waals surface area contributed by atoms with Crippen LogP contribution in [0.3, 0.4) is 0 Å². The molecule has 1 aliphatic heterocycles. The van der Waals surface area contributed by atoms with Crippen molar-refractivity contribution in [3.8, 4) is 17.2 Å². The lowest BCUT2D eigenvalue weighted by atomic mass is 10.1. The van der Waals surface area contributed by atoms with Crippen LogP contribution in [0, 0.1) is 0 Å². The van der Waals surface area contributed by atoms with Gasteiger partial charge in [-0.2, -0.15) is 0 Å². The van der Waals surface area contributed by atoms with E-state index in [0.29, 0.717) is 24.6 Å². The van der Waals surface area contributed by atoms with Gasteiger partial charge in [-0.3, -0.25) is 4.79 Å². The Morgan fingerprint density at radius 1 is 1.00 bits per heavy atom. The van der Waals surface area contributed by atoms with E-state index in [1.807, 2.05) is 65.6 Å². The van der Waals surface area contributed by atoms with Gasteiger partial charge < -0.3 is 14.1 Å². The number of nitrogens with zero attached hydrogens (tertiary/aromatic N) is 3. The zero-order valence-electron chi connectivity index (χ0n) is 15.7. The number of benzene rings is 2. The van der Waals surface area contributed by atoms with Crippen molar-refractivity contribution in [1.29, 1.82) is 0 Å². The summed E-state index contributed by atoms with van der Waals surface area (Å²) in [5.41, 5.74) is 0.882. The summed E-state index contributed by atoms with van der Waals surface area (Å²) >= 11 is 0. The molecular weight excluding hydrogens is 354 g/mol. The minimum Gasteiger partial charge on any atom is -0.490 e. The quantitative estimate of drug-likeness (QED) is 0.655. The number of ether oxygens (including phenoxy) is 1. The van der Waals surface area contributed by atoms with Crippen LogP contribution in [0.25, 0.3) is 11.5 Å². The van der Waals surface area contributed by atoms with Gasteiger partial charge in [0.05, 0.1) is 0 Å². The van der Waals surface area contributed by atoms with Crippen LogP contribution in [0.2, 0.25) is 0 Å². The number of likely N-dealkylation sites (tertiary alicyclic amines) is 1. The highest BCUT2D eigenvalue weighted by Gasteiger charge is 2.24. The molecule has 0 aliphatic carbocycles. The molecule has 4 rings (SSSR count). The SMILES string of the molecule is O=C(CCc1nnc(-c2ccccc2)o1)N1CCC(Oc2ccccc2)CC1. The monoisotopic (exact) mass is 377 g/mol. The Labute approximate surface area is 164 Å². The van der Waals surface area contributed by atoms with Gasteiger partial charge >= 0.3 is 0 Å². The predicted octanol–water partition coefficient (Wildman–Crippen LogP) is 3.74. The second kappa shape index (κ2) is 8.69. The molecule has 1 saturated heterocycles. The first-order valence-corrected chi connectivity index (χ1v) is 9.65. The summed E-state index contributed by atoms with van der Waals surface area (Å²) in [5, 5.41) is 8.13. The number of aryl methyl sites for hydroxylation is 1. The third kappa shape index (κ3) is 4.57. The first-order chi connectivity index (χ1) is 13.8. The van der Waals surface area contributed by atoms with Crippen LogP contribution >= 0.6 is 0 Å². The van der Waals surface area contributed by atoms with Crippen LogP contribution < -0.4 is 4.74 Å². The first-order valence-electron chi connectivity index (χ1n) is 9.65. The lowest BCUT2D eigenvalue weighted by Crippen LogP contribution is -2.41. The minimum atomic E-state index is 0.123. The zero-order chi connectivity index (χ0) is 19.2. The van der Waals surface area contributed by atoms with Crippen molar-refractivity contribution in [2.45, 2.75) is 31.8 Å². The Morgan fingerprint density at radius 2 is 1.68 bits per heavy atom. The van der Waals surface area contributed by atoms with E-state index in [9.17, 15) is 4.79 Å². The molecule has 0 bridgehead atoms. The predicted molar refractivity (Wildman–Crippen MR) is 105 cm³/mol. The highest BCUT2D eigenvalue weighted by Crippen LogP contribution is 2.20. The van der Waals surface area contributed by atoms with Crippen LogP contribution in [-0.4, -0.2) is 40.2 Å². The number of hydrogen-bond donors (Lipinski definition) is 0. The Balaban J connectivity index is 1.23. The van der Waals surface area contributed by atoms with Gasteiger partial charge in [0.2, 0.25) is 17.7 Å². The van der Waals surface area contributed by atoms with Crippen molar-refractivity contribution in [2.75, 3.05) is 13.1 Å². The van der Waals surface area contributed by atoms with E-state index in [-0.39, 0.29) is 12.0 Å². The third-order valence-corrected chi connectivity index (χ3v) is 4.88. The Kier molecular flexibility index (Phi) is 5.66. The summed E-state index contributed by atoms with van der Waals surface area (Å²) in [4.78, 5) is 14.4. The summed E-state index contributed by atoms with van der Waals surface area (Å²) in [6.45, 7) is 1.44. The van der Waals surface area contributed by atoms with E-state index in [1.54, 1.807) is 0 Å². The highest BCUT2D eigenvalue weighted by molar-refractivity contribution is 5.76. The van der Waals surface area contributed by atoms with E-state index < -0.39 is 0 Å². The van der Waals surface area contributed by atoms with Crippen molar-refractivity contribution in [2.24, 2.45) is 0 Å². The molecule has 28 heavy (non-hydrogen) atoms. The summed E-state index contributed by atoms with van der Waals surface area (Å²) in [5.74, 6) is 1.99. The Bertz CT molecular complexity index is 888. The normalized spacial score (nSPS) is 14.8. The van der Waals surface area contributed by atoms with Gasteiger partial charge in [0.1, 0.15) is 11.9 Å². The van der Waals surface area contributed by atoms with E-state index >= 15 is 0 Å². The van der Waals surface area contributed by atoms with Gasteiger partial charge in [-0.25, -0.2) is 0 Å². The summed E-state index contributed by atoms with van der Waals surface area (Å²) in [7, 11) is 0. The zero-order valence-corrected chi connectivity index (χ0v) is 15.7. The molecule has 0 saturated carbocycles. The number of aromatic nitrogens is 2. The van der Waals surface area contributed by atoms with E-state index in [2.05, 4.69) is 10.2 Å². The van der Waals surface area contributed by atoms with E-state index in [0.717, 1.165) is 37.2 Å². The van der Waals surface area contributed by atoms with Crippen molar-refractivity contribution in [3.05, 3.63) is 66.6 Å².